The number of rotatable bonds is 6. The molecule has 2 atom stereocenters. The van der Waals surface area contributed by atoms with Crippen molar-refractivity contribution in [1.29, 1.82) is 0 Å². The van der Waals surface area contributed by atoms with Crippen LogP contribution in [0.1, 0.15) is 18.6 Å². The molecule has 0 aromatic carbocycles. The number of aliphatic hydroxyl groups is 1. The van der Waals surface area contributed by atoms with Gasteiger partial charge in [0.25, 0.3) is 0 Å². The number of nitrogens with one attached hydrogen (secondary N) is 1. The molecule has 0 saturated heterocycles. The number of aromatic nitrogens is 2. The first-order chi connectivity index (χ1) is 7.17. The average Bonchev–Trinajstić information content (AvgIpc) is 2.63. The second-order valence-corrected chi connectivity index (χ2v) is 4.43. The Kier molecular flexibility index (Phi) is 5.07. The summed E-state index contributed by atoms with van der Waals surface area (Å²) in [5, 5.41) is 16.3. The highest BCUT2D eigenvalue weighted by atomic mass is 32.2. The average molecular weight is 231 g/mol. The molecule has 0 aliphatic rings. The molecule has 2 N–H and O–H groups in total. The summed E-state index contributed by atoms with van der Waals surface area (Å²) in [7, 11) is 0. The third-order valence-electron chi connectivity index (χ3n) is 2.19. The molecule has 0 spiro atoms. The Balaban J connectivity index is 2.36. The van der Waals surface area contributed by atoms with Crippen LogP contribution in [-0.2, 0) is 6.54 Å². The zero-order chi connectivity index (χ0) is 11.3. The van der Waals surface area contributed by atoms with E-state index in [2.05, 4.69) is 15.5 Å². The number of nitrogens with zero attached hydrogens (tertiary/aromatic N) is 2. The molecule has 0 aliphatic heterocycles. The van der Waals surface area contributed by atoms with Crippen molar-refractivity contribution in [1.82, 2.24) is 15.5 Å². The molecule has 5 nitrogen and oxygen atoms in total. The van der Waals surface area contributed by atoms with Crippen molar-refractivity contribution in [3.63, 3.8) is 0 Å². The van der Waals surface area contributed by atoms with Crippen LogP contribution in [-0.4, -0.2) is 39.4 Å². The predicted octanol–water partition coefficient (Wildman–Crippen LogP) is 0.580. The van der Waals surface area contributed by atoms with E-state index in [1.165, 1.54) is 0 Å². The van der Waals surface area contributed by atoms with Gasteiger partial charge in [-0.3, -0.25) is 0 Å². The lowest BCUT2D eigenvalue weighted by Gasteiger charge is -2.20. The normalized spacial score (nSPS) is 15.2. The van der Waals surface area contributed by atoms with E-state index in [4.69, 9.17) is 9.63 Å². The Hall–Kier alpha value is -0.590. The minimum atomic E-state index is 0.167. The minimum Gasteiger partial charge on any atom is -0.395 e. The van der Waals surface area contributed by atoms with Crippen molar-refractivity contribution in [2.75, 3.05) is 12.9 Å². The molecule has 6 heteroatoms. The molecule has 0 bridgehead atoms. The van der Waals surface area contributed by atoms with Crippen molar-refractivity contribution < 1.29 is 9.63 Å². The maximum Gasteiger partial charge on any atom is 0.223 e. The molecule has 1 heterocycles. The summed E-state index contributed by atoms with van der Waals surface area (Å²) < 4.78 is 4.85. The number of aliphatic hydroxyl groups excluding tert-OH is 1. The number of thioether (sulfide) groups is 1. The van der Waals surface area contributed by atoms with Gasteiger partial charge in [0.1, 0.15) is 0 Å². The molecule has 1 aromatic rings. The fraction of sp³-hybridized carbons (Fsp3) is 0.778. The van der Waals surface area contributed by atoms with E-state index in [1.54, 1.807) is 18.7 Å². The highest BCUT2D eigenvalue weighted by molar-refractivity contribution is 7.99. The predicted molar refractivity (Wildman–Crippen MR) is 59.7 cm³/mol. The Morgan fingerprint density at radius 2 is 2.33 bits per heavy atom. The lowest BCUT2D eigenvalue weighted by molar-refractivity contribution is 0.275. The van der Waals surface area contributed by atoms with Crippen LogP contribution in [0.5, 0.6) is 0 Å². The fourth-order valence-electron chi connectivity index (χ4n) is 1.23. The molecule has 15 heavy (non-hydrogen) atoms. The van der Waals surface area contributed by atoms with Crippen molar-refractivity contribution in [3.8, 4) is 0 Å². The lowest BCUT2D eigenvalue weighted by Crippen LogP contribution is -2.37. The molecule has 86 valence electrons. The highest BCUT2D eigenvalue weighted by Gasteiger charge is 2.15. The SMILES string of the molecule is CSC(CO)C(C)NCc1noc(C)n1. The standard InChI is InChI=1S/C9H17N3O2S/c1-6(8(5-13)15-3)10-4-9-11-7(2)14-12-9/h6,8,10,13H,4-5H2,1-3H3. The van der Waals surface area contributed by atoms with Gasteiger partial charge in [-0.15, -0.1) is 0 Å². The third-order valence-corrected chi connectivity index (χ3v) is 3.35. The Morgan fingerprint density at radius 3 is 2.80 bits per heavy atom. The van der Waals surface area contributed by atoms with Crippen LogP contribution >= 0.6 is 11.8 Å². The molecule has 0 amide bonds. The zero-order valence-electron chi connectivity index (χ0n) is 9.23. The van der Waals surface area contributed by atoms with Crippen LogP contribution < -0.4 is 5.32 Å². The smallest absolute Gasteiger partial charge is 0.223 e. The summed E-state index contributed by atoms with van der Waals surface area (Å²) in [5.41, 5.74) is 0. The van der Waals surface area contributed by atoms with Crippen LogP contribution in [0, 0.1) is 6.92 Å². The Bertz CT molecular complexity index is 289. The van der Waals surface area contributed by atoms with E-state index in [0.717, 1.165) is 0 Å². The molecular formula is C9H17N3O2S. The second-order valence-electron chi connectivity index (χ2n) is 3.36. The van der Waals surface area contributed by atoms with Gasteiger partial charge in [0.2, 0.25) is 5.89 Å². The topological polar surface area (TPSA) is 71.2 Å². The second kappa shape index (κ2) is 6.09. The molecule has 0 fully saturated rings. The summed E-state index contributed by atoms with van der Waals surface area (Å²) in [5.74, 6) is 1.22. The number of hydrogen-bond donors (Lipinski definition) is 2. The van der Waals surface area contributed by atoms with Crippen molar-refractivity contribution in [2.24, 2.45) is 0 Å². The Morgan fingerprint density at radius 1 is 1.60 bits per heavy atom. The molecule has 1 rings (SSSR count). The summed E-state index contributed by atoms with van der Waals surface area (Å²) in [6.07, 6.45) is 1.98. The molecule has 0 aliphatic carbocycles. The summed E-state index contributed by atoms with van der Waals surface area (Å²) >= 11 is 1.64. The lowest BCUT2D eigenvalue weighted by atomic mass is 10.2. The van der Waals surface area contributed by atoms with Crippen LogP contribution in [0.25, 0.3) is 0 Å². The van der Waals surface area contributed by atoms with E-state index in [9.17, 15) is 0 Å². The van der Waals surface area contributed by atoms with Gasteiger partial charge in [0, 0.05) is 18.2 Å². The minimum absolute atomic E-state index is 0.167. The summed E-state index contributed by atoms with van der Waals surface area (Å²) in [4.78, 5) is 4.08. The number of aryl methyl sites for hydroxylation is 1. The monoisotopic (exact) mass is 231 g/mol. The van der Waals surface area contributed by atoms with Crippen molar-refractivity contribution in [2.45, 2.75) is 31.7 Å². The first-order valence-corrected chi connectivity index (χ1v) is 6.12. The Labute approximate surface area is 93.6 Å². The quantitative estimate of drug-likeness (QED) is 0.746. The first-order valence-electron chi connectivity index (χ1n) is 4.83. The molecule has 2 unspecified atom stereocenters. The van der Waals surface area contributed by atoms with Crippen LogP contribution in [0.4, 0.5) is 0 Å². The summed E-state index contributed by atoms with van der Waals surface area (Å²) in [6.45, 7) is 4.53. The van der Waals surface area contributed by atoms with E-state index in [-0.39, 0.29) is 17.9 Å². The van der Waals surface area contributed by atoms with Gasteiger partial charge in [0.05, 0.1) is 13.2 Å². The van der Waals surface area contributed by atoms with Crippen molar-refractivity contribution >= 4 is 11.8 Å². The van der Waals surface area contributed by atoms with Gasteiger partial charge in [0.15, 0.2) is 5.82 Å². The zero-order valence-corrected chi connectivity index (χ0v) is 10.0. The number of hydrogen-bond acceptors (Lipinski definition) is 6. The van der Waals surface area contributed by atoms with Crippen LogP contribution in [0.2, 0.25) is 0 Å². The third kappa shape index (κ3) is 3.81. The summed E-state index contributed by atoms with van der Waals surface area (Å²) in [6, 6.07) is 0.212. The molecule has 0 saturated carbocycles. The van der Waals surface area contributed by atoms with Gasteiger partial charge >= 0.3 is 0 Å². The van der Waals surface area contributed by atoms with Gasteiger partial charge in [-0.1, -0.05) is 5.16 Å². The maximum atomic E-state index is 9.09. The fourth-order valence-corrected chi connectivity index (χ4v) is 1.89. The van der Waals surface area contributed by atoms with Gasteiger partial charge in [-0.05, 0) is 13.2 Å². The highest BCUT2D eigenvalue weighted by Crippen LogP contribution is 2.10. The van der Waals surface area contributed by atoms with Crippen molar-refractivity contribution in [3.05, 3.63) is 11.7 Å². The van der Waals surface area contributed by atoms with Crippen LogP contribution in [0.15, 0.2) is 4.52 Å². The maximum absolute atomic E-state index is 9.09. The largest absolute Gasteiger partial charge is 0.395 e. The molecular weight excluding hydrogens is 214 g/mol. The molecule has 0 radical (unpaired) electrons. The van der Waals surface area contributed by atoms with E-state index in [0.29, 0.717) is 18.3 Å². The van der Waals surface area contributed by atoms with E-state index < -0.39 is 0 Å². The van der Waals surface area contributed by atoms with E-state index >= 15 is 0 Å². The van der Waals surface area contributed by atoms with E-state index in [1.807, 2.05) is 13.2 Å². The van der Waals surface area contributed by atoms with Gasteiger partial charge < -0.3 is 14.9 Å². The van der Waals surface area contributed by atoms with Gasteiger partial charge in [-0.2, -0.15) is 16.7 Å². The van der Waals surface area contributed by atoms with Gasteiger partial charge in [-0.25, -0.2) is 0 Å². The molecule has 1 aromatic heterocycles. The van der Waals surface area contributed by atoms with Crippen LogP contribution in [0.3, 0.4) is 0 Å². The first kappa shape index (κ1) is 12.5.